The van der Waals surface area contributed by atoms with Crippen LogP contribution in [-0.2, 0) is 21.5 Å². The fraction of sp³-hybridized carbons (Fsp3) is 0.588. The van der Waals surface area contributed by atoms with Crippen LogP contribution in [0.2, 0.25) is 0 Å². The summed E-state index contributed by atoms with van der Waals surface area (Å²) in [6.45, 7) is 7.14. The Bertz CT molecular complexity index is 734. The maximum absolute atomic E-state index is 11.8. The molecule has 0 N–H and O–H groups in total. The first-order valence-corrected chi connectivity index (χ1v) is 9.89. The van der Waals surface area contributed by atoms with E-state index >= 15 is 0 Å². The highest BCUT2D eigenvalue weighted by atomic mass is 79.9. The van der Waals surface area contributed by atoms with Gasteiger partial charge in [-0.3, -0.25) is 4.79 Å². The number of carbonyl (C=O) groups is 1. The van der Waals surface area contributed by atoms with Crippen molar-refractivity contribution in [2.45, 2.75) is 57.9 Å². The van der Waals surface area contributed by atoms with Gasteiger partial charge in [-0.05, 0) is 61.7 Å². The predicted molar refractivity (Wildman–Crippen MR) is 97.4 cm³/mol. The van der Waals surface area contributed by atoms with Crippen molar-refractivity contribution < 1.29 is 9.53 Å². The van der Waals surface area contributed by atoms with Crippen LogP contribution in [0.4, 0.5) is 0 Å². The molecule has 0 amide bonds. The molecule has 0 saturated heterocycles. The SMILES string of the molecule is CCOC(=O)CCn1c(C2CC2)nnc1C(C)(C)c1ccc(Br)s1. The van der Waals surface area contributed by atoms with Crippen molar-refractivity contribution in [3.63, 3.8) is 0 Å². The van der Waals surface area contributed by atoms with Gasteiger partial charge in [0.15, 0.2) is 0 Å². The second-order valence-corrected chi connectivity index (χ2v) is 9.05. The van der Waals surface area contributed by atoms with E-state index < -0.39 is 0 Å². The minimum absolute atomic E-state index is 0.171. The Morgan fingerprint density at radius 1 is 1.42 bits per heavy atom. The van der Waals surface area contributed by atoms with Gasteiger partial charge in [0.25, 0.3) is 0 Å². The first-order valence-electron chi connectivity index (χ1n) is 8.28. The molecule has 5 nitrogen and oxygen atoms in total. The summed E-state index contributed by atoms with van der Waals surface area (Å²) in [5.74, 6) is 2.25. The standard InChI is InChI=1S/C17H22BrN3O2S/c1-4-23-14(22)9-10-21-15(11-5-6-11)19-20-16(21)17(2,3)12-7-8-13(18)24-12/h7-8,11H,4-6,9-10H2,1-3H3. The van der Waals surface area contributed by atoms with E-state index in [-0.39, 0.29) is 11.4 Å². The van der Waals surface area contributed by atoms with Crippen molar-refractivity contribution in [3.8, 4) is 0 Å². The van der Waals surface area contributed by atoms with Gasteiger partial charge in [0.2, 0.25) is 0 Å². The maximum Gasteiger partial charge on any atom is 0.307 e. The number of aromatic nitrogens is 3. The Balaban J connectivity index is 1.91. The number of carbonyl (C=O) groups excluding carboxylic acids is 1. The fourth-order valence-corrected chi connectivity index (χ4v) is 4.32. The van der Waals surface area contributed by atoms with E-state index in [4.69, 9.17) is 4.74 Å². The van der Waals surface area contributed by atoms with Crippen LogP contribution in [-0.4, -0.2) is 27.3 Å². The third-order valence-electron chi connectivity index (χ3n) is 4.31. The van der Waals surface area contributed by atoms with Gasteiger partial charge in [-0.1, -0.05) is 0 Å². The summed E-state index contributed by atoms with van der Waals surface area (Å²) in [4.78, 5) is 13.0. The summed E-state index contributed by atoms with van der Waals surface area (Å²) in [5, 5.41) is 8.97. The molecule has 2 aromatic rings. The van der Waals surface area contributed by atoms with E-state index in [1.165, 1.54) is 4.88 Å². The molecule has 1 aliphatic rings. The highest BCUT2D eigenvalue weighted by Crippen LogP contribution is 2.42. The van der Waals surface area contributed by atoms with Gasteiger partial charge in [0.05, 0.1) is 22.2 Å². The van der Waals surface area contributed by atoms with Crippen LogP contribution in [0.15, 0.2) is 15.9 Å². The molecule has 0 aromatic carbocycles. The van der Waals surface area contributed by atoms with Crippen molar-refractivity contribution in [3.05, 3.63) is 32.4 Å². The summed E-state index contributed by atoms with van der Waals surface area (Å²) in [5.41, 5.74) is -0.258. The molecule has 0 unspecified atom stereocenters. The molecular formula is C17H22BrN3O2S. The van der Waals surface area contributed by atoms with E-state index in [9.17, 15) is 4.79 Å². The lowest BCUT2D eigenvalue weighted by atomic mass is 9.90. The van der Waals surface area contributed by atoms with Crippen LogP contribution < -0.4 is 0 Å². The molecule has 0 spiro atoms. The van der Waals surface area contributed by atoms with Crippen LogP contribution in [0.5, 0.6) is 0 Å². The van der Waals surface area contributed by atoms with Gasteiger partial charge in [0, 0.05) is 17.3 Å². The minimum atomic E-state index is -0.258. The maximum atomic E-state index is 11.8. The van der Waals surface area contributed by atoms with Crippen molar-refractivity contribution in [2.24, 2.45) is 0 Å². The van der Waals surface area contributed by atoms with Crippen molar-refractivity contribution in [1.29, 1.82) is 0 Å². The normalized spacial score (nSPS) is 14.8. The Labute approximate surface area is 154 Å². The smallest absolute Gasteiger partial charge is 0.307 e. The third-order valence-corrected chi connectivity index (χ3v) is 6.26. The van der Waals surface area contributed by atoms with Gasteiger partial charge < -0.3 is 9.30 Å². The van der Waals surface area contributed by atoms with E-state index in [0.717, 1.165) is 28.3 Å². The van der Waals surface area contributed by atoms with Crippen LogP contribution in [0.3, 0.4) is 0 Å². The van der Waals surface area contributed by atoms with Crippen LogP contribution in [0.1, 0.15) is 62.5 Å². The van der Waals surface area contributed by atoms with Gasteiger partial charge in [-0.15, -0.1) is 21.5 Å². The molecule has 1 aliphatic carbocycles. The van der Waals surface area contributed by atoms with Crippen LogP contribution in [0.25, 0.3) is 0 Å². The third kappa shape index (κ3) is 3.57. The van der Waals surface area contributed by atoms with Gasteiger partial charge in [-0.25, -0.2) is 0 Å². The highest BCUT2D eigenvalue weighted by Gasteiger charge is 2.36. The van der Waals surface area contributed by atoms with Gasteiger partial charge >= 0.3 is 5.97 Å². The van der Waals surface area contributed by atoms with Crippen molar-refractivity contribution in [2.75, 3.05) is 6.61 Å². The highest BCUT2D eigenvalue weighted by molar-refractivity contribution is 9.11. The van der Waals surface area contributed by atoms with E-state index in [2.05, 4.69) is 56.7 Å². The molecule has 7 heteroatoms. The van der Waals surface area contributed by atoms with E-state index in [0.29, 0.717) is 25.5 Å². The Kier molecular flexibility index (Phi) is 5.11. The molecule has 1 saturated carbocycles. The number of halogens is 1. The zero-order chi connectivity index (χ0) is 17.3. The molecule has 0 atom stereocenters. The van der Waals surface area contributed by atoms with E-state index in [1.54, 1.807) is 11.3 Å². The lowest BCUT2D eigenvalue weighted by molar-refractivity contribution is -0.143. The first kappa shape index (κ1) is 17.6. The average molecular weight is 412 g/mol. The molecule has 24 heavy (non-hydrogen) atoms. The Morgan fingerprint density at radius 2 is 2.17 bits per heavy atom. The average Bonchev–Trinajstić information content (AvgIpc) is 3.12. The summed E-state index contributed by atoms with van der Waals surface area (Å²) < 4.78 is 8.32. The van der Waals surface area contributed by atoms with Gasteiger partial charge in [0.1, 0.15) is 11.6 Å². The lowest BCUT2D eigenvalue weighted by Crippen LogP contribution is -2.25. The monoisotopic (exact) mass is 411 g/mol. The number of ether oxygens (including phenoxy) is 1. The molecule has 0 bridgehead atoms. The molecule has 3 rings (SSSR count). The van der Waals surface area contributed by atoms with Crippen molar-refractivity contribution in [1.82, 2.24) is 14.8 Å². The minimum Gasteiger partial charge on any atom is -0.466 e. The molecule has 1 fully saturated rings. The zero-order valence-electron chi connectivity index (χ0n) is 14.2. The van der Waals surface area contributed by atoms with Crippen molar-refractivity contribution >= 4 is 33.2 Å². The fourth-order valence-electron chi connectivity index (χ4n) is 2.84. The predicted octanol–water partition coefficient (Wildman–Crippen LogP) is 4.26. The second-order valence-electron chi connectivity index (χ2n) is 6.59. The second kappa shape index (κ2) is 6.96. The zero-order valence-corrected chi connectivity index (χ0v) is 16.6. The number of nitrogens with zero attached hydrogens (tertiary/aromatic N) is 3. The van der Waals surface area contributed by atoms with E-state index in [1.807, 2.05) is 6.92 Å². The number of esters is 1. The topological polar surface area (TPSA) is 57.0 Å². The van der Waals surface area contributed by atoms with Crippen LogP contribution >= 0.6 is 27.3 Å². The largest absolute Gasteiger partial charge is 0.466 e. The number of hydrogen-bond acceptors (Lipinski definition) is 5. The summed E-state index contributed by atoms with van der Waals surface area (Å²) in [6.07, 6.45) is 2.66. The molecule has 2 heterocycles. The Morgan fingerprint density at radius 3 is 2.75 bits per heavy atom. The number of thiophene rings is 1. The first-order chi connectivity index (χ1) is 11.4. The molecular weight excluding hydrogens is 390 g/mol. The summed E-state index contributed by atoms with van der Waals surface area (Å²) >= 11 is 5.24. The number of hydrogen-bond donors (Lipinski definition) is 0. The molecule has 2 aromatic heterocycles. The molecule has 0 radical (unpaired) electrons. The summed E-state index contributed by atoms with van der Waals surface area (Å²) in [7, 11) is 0. The lowest BCUT2D eigenvalue weighted by Gasteiger charge is -2.23. The quantitative estimate of drug-likeness (QED) is 0.638. The Hall–Kier alpha value is -1.21. The summed E-state index contributed by atoms with van der Waals surface area (Å²) in [6, 6.07) is 4.18. The van der Waals surface area contributed by atoms with Gasteiger partial charge in [-0.2, -0.15) is 0 Å². The molecule has 130 valence electrons. The number of rotatable bonds is 7. The molecule has 0 aliphatic heterocycles. The van der Waals surface area contributed by atoms with Crippen LogP contribution in [0, 0.1) is 0 Å².